The number of rotatable bonds is 5. The van der Waals surface area contributed by atoms with Crippen molar-refractivity contribution in [3.05, 3.63) is 68.0 Å². The second-order valence-electron chi connectivity index (χ2n) is 4.52. The van der Waals surface area contributed by atoms with Crippen LogP contribution < -0.4 is 22.3 Å². The van der Waals surface area contributed by atoms with Crippen molar-refractivity contribution in [2.24, 2.45) is 5.73 Å². The normalized spacial score (nSPS) is 10.3. The highest BCUT2D eigenvalue weighted by Crippen LogP contribution is 2.04. The smallest absolute Gasteiger partial charge is 0.325 e. The molecule has 5 N–H and O–H groups in total. The highest BCUT2D eigenvalue weighted by Gasteiger charge is 2.10. The van der Waals surface area contributed by atoms with Gasteiger partial charge in [0.25, 0.3) is 11.5 Å². The number of nitrogens with one attached hydrogen (secondary N) is 3. The lowest BCUT2D eigenvalue weighted by Gasteiger charge is -2.06. The minimum Gasteiger partial charge on any atom is -0.348 e. The van der Waals surface area contributed by atoms with Gasteiger partial charge >= 0.3 is 5.69 Å². The van der Waals surface area contributed by atoms with E-state index in [-0.39, 0.29) is 5.56 Å². The van der Waals surface area contributed by atoms with Gasteiger partial charge in [-0.05, 0) is 24.1 Å². The van der Waals surface area contributed by atoms with Crippen LogP contribution in [-0.2, 0) is 13.0 Å². The van der Waals surface area contributed by atoms with Gasteiger partial charge in [0.1, 0.15) is 5.56 Å². The number of amides is 1. The summed E-state index contributed by atoms with van der Waals surface area (Å²) in [5.74, 6) is -0.543. The first-order valence-electron chi connectivity index (χ1n) is 6.48. The first-order valence-corrected chi connectivity index (χ1v) is 6.48. The van der Waals surface area contributed by atoms with Gasteiger partial charge in [-0.2, -0.15) is 0 Å². The Balaban J connectivity index is 2.00. The molecule has 0 radical (unpaired) electrons. The molecule has 0 aliphatic heterocycles. The van der Waals surface area contributed by atoms with Crippen LogP contribution in [0, 0.1) is 0 Å². The molecule has 1 aromatic carbocycles. The molecule has 1 aromatic heterocycles. The van der Waals surface area contributed by atoms with Crippen molar-refractivity contribution in [1.29, 1.82) is 0 Å². The number of aromatic amines is 2. The van der Waals surface area contributed by atoms with Gasteiger partial charge in [-0.15, -0.1) is 0 Å². The highest BCUT2D eigenvalue weighted by atomic mass is 16.2. The van der Waals surface area contributed by atoms with E-state index in [4.69, 9.17) is 5.73 Å². The maximum Gasteiger partial charge on any atom is 0.325 e. The maximum absolute atomic E-state index is 11.8. The van der Waals surface area contributed by atoms with Crippen molar-refractivity contribution in [3.8, 4) is 0 Å². The Labute approximate surface area is 120 Å². The molecule has 0 aliphatic rings. The second kappa shape index (κ2) is 6.67. The Morgan fingerprint density at radius 3 is 2.43 bits per heavy atom. The lowest BCUT2D eigenvalue weighted by Crippen LogP contribution is -2.33. The molecule has 110 valence electrons. The van der Waals surface area contributed by atoms with Crippen molar-refractivity contribution in [3.63, 3.8) is 0 Å². The van der Waals surface area contributed by atoms with Crippen LogP contribution in [0.5, 0.6) is 0 Å². The van der Waals surface area contributed by atoms with Crippen molar-refractivity contribution in [2.45, 2.75) is 13.0 Å². The summed E-state index contributed by atoms with van der Waals surface area (Å²) < 4.78 is 0. The topological polar surface area (TPSA) is 121 Å². The maximum atomic E-state index is 11.8. The predicted octanol–water partition coefficient (Wildman–Crippen LogP) is -0.506. The number of carbonyl (C=O) groups is 1. The SMILES string of the molecule is NCCc1ccc(CNC(=O)c2c[nH]c(=O)[nH]c2=O)cc1. The molecule has 1 amide bonds. The van der Waals surface area contributed by atoms with Crippen LogP contribution in [0.25, 0.3) is 0 Å². The van der Waals surface area contributed by atoms with Crippen molar-refractivity contribution < 1.29 is 4.79 Å². The number of carbonyl (C=O) groups excluding carboxylic acids is 1. The lowest BCUT2D eigenvalue weighted by atomic mass is 10.1. The largest absolute Gasteiger partial charge is 0.348 e. The average molecular weight is 288 g/mol. The van der Waals surface area contributed by atoms with Gasteiger partial charge in [-0.3, -0.25) is 14.6 Å². The number of benzene rings is 1. The minimum absolute atomic E-state index is 0.130. The summed E-state index contributed by atoms with van der Waals surface area (Å²) in [5, 5.41) is 2.62. The molecule has 2 rings (SSSR count). The van der Waals surface area contributed by atoms with Gasteiger partial charge in [0.15, 0.2) is 0 Å². The van der Waals surface area contributed by atoms with E-state index in [0.717, 1.165) is 23.7 Å². The fraction of sp³-hybridized carbons (Fsp3) is 0.214. The summed E-state index contributed by atoms with van der Waals surface area (Å²) in [6.45, 7) is 0.880. The van der Waals surface area contributed by atoms with Crippen LogP contribution in [-0.4, -0.2) is 22.4 Å². The second-order valence-corrected chi connectivity index (χ2v) is 4.52. The molecule has 1 heterocycles. The molecule has 0 fully saturated rings. The molecule has 7 nitrogen and oxygen atoms in total. The molecule has 0 unspecified atom stereocenters. The van der Waals surface area contributed by atoms with Crippen LogP contribution in [0.1, 0.15) is 21.5 Å². The minimum atomic E-state index is -0.713. The molecule has 0 aliphatic carbocycles. The van der Waals surface area contributed by atoms with E-state index >= 15 is 0 Å². The Hall–Kier alpha value is -2.67. The van der Waals surface area contributed by atoms with Crippen molar-refractivity contribution in [1.82, 2.24) is 15.3 Å². The molecule has 21 heavy (non-hydrogen) atoms. The molecule has 0 saturated carbocycles. The molecule has 7 heteroatoms. The Bertz CT molecular complexity index is 731. The molecular weight excluding hydrogens is 272 g/mol. The zero-order chi connectivity index (χ0) is 15.2. The molecule has 2 aromatic rings. The number of hydrogen-bond donors (Lipinski definition) is 4. The fourth-order valence-corrected chi connectivity index (χ4v) is 1.85. The van der Waals surface area contributed by atoms with Crippen LogP contribution in [0.2, 0.25) is 0 Å². The predicted molar refractivity (Wildman–Crippen MR) is 78.1 cm³/mol. The standard InChI is InChI=1S/C14H16N4O3/c15-6-5-9-1-3-10(4-2-9)7-16-12(19)11-8-17-14(21)18-13(11)20/h1-4,8H,5-7,15H2,(H,16,19)(H2,17,18,20,21). The van der Waals surface area contributed by atoms with E-state index in [1.807, 2.05) is 29.2 Å². The van der Waals surface area contributed by atoms with Gasteiger partial charge in [0.05, 0.1) is 0 Å². The van der Waals surface area contributed by atoms with Crippen molar-refractivity contribution >= 4 is 5.91 Å². The van der Waals surface area contributed by atoms with Gasteiger partial charge in [0.2, 0.25) is 0 Å². The average Bonchev–Trinajstić information content (AvgIpc) is 2.46. The summed E-state index contributed by atoms with van der Waals surface area (Å²) >= 11 is 0. The van der Waals surface area contributed by atoms with E-state index in [9.17, 15) is 14.4 Å². The van der Waals surface area contributed by atoms with Crippen LogP contribution in [0.15, 0.2) is 40.1 Å². The Morgan fingerprint density at radius 1 is 1.14 bits per heavy atom. The van der Waals surface area contributed by atoms with E-state index < -0.39 is 17.2 Å². The number of hydrogen-bond acceptors (Lipinski definition) is 4. The first-order chi connectivity index (χ1) is 10.1. The molecule has 0 bridgehead atoms. The zero-order valence-electron chi connectivity index (χ0n) is 11.3. The third-order valence-corrected chi connectivity index (χ3v) is 2.97. The van der Waals surface area contributed by atoms with Crippen LogP contribution in [0.4, 0.5) is 0 Å². The first kappa shape index (κ1) is 14.7. The van der Waals surface area contributed by atoms with E-state index in [0.29, 0.717) is 13.1 Å². The summed E-state index contributed by atoms with van der Waals surface area (Å²) in [5.41, 5.74) is 6.02. The Kier molecular flexibility index (Phi) is 4.68. The van der Waals surface area contributed by atoms with E-state index in [1.165, 1.54) is 0 Å². The number of H-pyrrole nitrogens is 2. The van der Waals surface area contributed by atoms with Crippen molar-refractivity contribution in [2.75, 3.05) is 6.54 Å². The van der Waals surface area contributed by atoms with Gasteiger partial charge in [-0.25, -0.2) is 4.79 Å². The number of nitrogens with two attached hydrogens (primary N) is 1. The number of aromatic nitrogens is 2. The lowest BCUT2D eigenvalue weighted by molar-refractivity contribution is 0.0949. The summed E-state index contributed by atoms with van der Waals surface area (Å²) in [4.78, 5) is 38.4. The molecule has 0 saturated heterocycles. The summed E-state index contributed by atoms with van der Waals surface area (Å²) in [6, 6.07) is 7.67. The third kappa shape index (κ3) is 3.90. The fourth-order valence-electron chi connectivity index (χ4n) is 1.85. The third-order valence-electron chi connectivity index (χ3n) is 2.97. The van der Waals surface area contributed by atoms with Crippen LogP contribution in [0.3, 0.4) is 0 Å². The summed E-state index contributed by atoms with van der Waals surface area (Å²) in [7, 11) is 0. The molecule has 0 spiro atoms. The Morgan fingerprint density at radius 2 is 1.81 bits per heavy atom. The molecular formula is C14H16N4O3. The zero-order valence-corrected chi connectivity index (χ0v) is 11.3. The van der Waals surface area contributed by atoms with Gasteiger partial charge in [-0.1, -0.05) is 24.3 Å². The molecule has 0 atom stereocenters. The van der Waals surface area contributed by atoms with Crippen LogP contribution >= 0.6 is 0 Å². The van der Waals surface area contributed by atoms with Gasteiger partial charge in [0, 0.05) is 12.7 Å². The van der Waals surface area contributed by atoms with E-state index in [1.54, 1.807) is 0 Å². The van der Waals surface area contributed by atoms with E-state index in [2.05, 4.69) is 10.3 Å². The highest BCUT2D eigenvalue weighted by molar-refractivity contribution is 5.93. The monoisotopic (exact) mass is 288 g/mol. The quantitative estimate of drug-likeness (QED) is 0.592. The van der Waals surface area contributed by atoms with Gasteiger partial charge < -0.3 is 16.0 Å². The summed E-state index contributed by atoms with van der Waals surface area (Å²) in [6.07, 6.45) is 1.90.